The Morgan fingerprint density at radius 2 is 1.56 bits per heavy atom. The minimum Gasteiger partial charge on any atom is -0.380 e. The number of pyridine rings is 1. The van der Waals surface area contributed by atoms with Crippen LogP contribution in [0.1, 0.15) is 64.2 Å². The molecule has 0 saturated heterocycles. The Hall–Kier alpha value is -2.30. The van der Waals surface area contributed by atoms with Gasteiger partial charge in [0.1, 0.15) is 11.4 Å². The largest absolute Gasteiger partial charge is 0.380 e. The normalized spacial score (nSPS) is 15.1. The van der Waals surface area contributed by atoms with E-state index in [1.54, 1.807) is 28.8 Å². The molecule has 1 aromatic heterocycles. The number of sulfonamides is 1. The lowest BCUT2D eigenvalue weighted by Crippen LogP contribution is -2.43. The van der Waals surface area contributed by atoms with Crippen LogP contribution in [0.15, 0.2) is 34.1 Å². The molecule has 1 aliphatic rings. The van der Waals surface area contributed by atoms with E-state index in [1.807, 2.05) is 14.1 Å². The second kappa shape index (κ2) is 13.9. The first-order chi connectivity index (χ1) is 17.3. The highest BCUT2D eigenvalue weighted by Gasteiger charge is 2.30. The molecule has 0 unspecified atom stereocenters. The van der Waals surface area contributed by atoms with Crippen LogP contribution in [0.2, 0.25) is 0 Å². The molecule has 10 heteroatoms. The molecule has 1 heterocycles. The van der Waals surface area contributed by atoms with E-state index in [-0.39, 0.29) is 17.5 Å². The van der Waals surface area contributed by atoms with Gasteiger partial charge in [-0.1, -0.05) is 32.1 Å². The van der Waals surface area contributed by atoms with Crippen molar-refractivity contribution in [1.82, 2.24) is 14.2 Å². The third-order valence-corrected chi connectivity index (χ3v) is 8.81. The summed E-state index contributed by atoms with van der Waals surface area (Å²) >= 11 is 0. The maximum atomic E-state index is 13.2. The minimum absolute atomic E-state index is 0.154. The molecule has 0 amide bonds. The van der Waals surface area contributed by atoms with E-state index in [2.05, 4.69) is 20.5 Å². The van der Waals surface area contributed by atoms with Crippen LogP contribution in [-0.4, -0.2) is 68.1 Å². The predicted octanol–water partition coefficient (Wildman–Crippen LogP) is 3.31. The fourth-order valence-corrected chi connectivity index (χ4v) is 6.69. The highest BCUT2D eigenvalue weighted by Crippen LogP contribution is 2.26. The van der Waals surface area contributed by atoms with Gasteiger partial charge >= 0.3 is 0 Å². The van der Waals surface area contributed by atoms with Crippen LogP contribution in [0.5, 0.6) is 0 Å². The van der Waals surface area contributed by atoms with Gasteiger partial charge in [0.2, 0.25) is 10.0 Å². The molecule has 2 aromatic rings. The molecule has 1 fully saturated rings. The van der Waals surface area contributed by atoms with Crippen molar-refractivity contribution in [1.29, 1.82) is 0 Å². The van der Waals surface area contributed by atoms with Crippen LogP contribution in [0, 0.1) is 0 Å². The molecular formula is C26H41N5O4S. The van der Waals surface area contributed by atoms with Crippen molar-refractivity contribution in [2.45, 2.75) is 70.3 Å². The highest BCUT2D eigenvalue weighted by atomic mass is 32.2. The Bertz CT molecular complexity index is 1110. The quantitative estimate of drug-likeness (QED) is 0.257. The lowest BCUT2D eigenvalue weighted by molar-refractivity contribution is 0.242. The van der Waals surface area contributed by atoms with Crippen LogP contribution in [-0.2, 0) is 10.0 Å². The Morgan fingerprint density at radius 1 is 0.889 bits per heavy atom. The summed E-state index contributed by atoms with van der Waals surface area (Å²) < 4.78 is 28.2. The van der Waals surface area contributed by atoms with E-state index in [1.165, 1.54) is 6.42 Å². The molecule has 0 radical (unpaired) electrons. The van der Waals surface area contributed by atoms with E-state index >= 15 is 0 Å². The smallest absolute Gasteiger partial charge is 0.253 e. The summed E-state index contributed by atoms with van der Waals surface area (Å²) in [6.07, 6.45) is 12.5. The number of unbranched alkanes of at least 4 members (excludes halogenated alkanes) is 3. The van der Waals surface area contributed by atoms with E-state index in [9.17, 15) is 18.0 Å². The standard InChI is InChI=1S/C26H41N5O4S/c1-30(2)18-10-19-31(22-11-6-5-7-12-22)36(34,35)20-9-4-3-8-15-28-23-24(26(33)25(23)32)29-21-13-16-27-17-14-21/h13-14,16-17,22,28H,3-12,15,18-20H2,1-2H3,(H,27,29). The van der Waals surface area contributed by atoms with Crippen LogP contribution < -0.4 is 21.5 Å². The maximum absolute atomic E-state index is 13.2. The Balaban J connectivity index is 1.40. The molecule has 1 aromatic carbocycles. The van der Waals surface area contributed by atoms with Gasteiger partial charge in [0.05, 0.1) is 5.75 Å². The number of aromatic nitrogens is 1. The van der Waals surface area contributed by atoms with E-state index in [0.29, 0.717) is 30.9 Å². The first-order valence-corrected chi connectivity index (χ1v) is 14.8. The van der Waals surface area contributed by atoms with Gasteiger partial charge in [0, 0.05) is 37.2 Å². The van der Waals surface area contributed by atoms with Gasteiger partial charge < -0.3 is 15.5 Å². The van der Waals surface area contributed by atoms with Gasteiger partial charge in [-0.3, -0.25) is 14.6 Å². The summed E-state index contributed by atoms with van der Waals surface area (Å²) in [5, 5.41) is 6.05. The number of anilines is 3. The average molecular weight is 520 g/mol. The topological polar surface area (TPSA) is 112 Å². The van der Waals surface area contributed by atoms with E-state index in [0.717, 1.165) is 57.9 Å². The number of nitrogens with zero attached hydrogens (tertiary/aromatic N) is 3. The van der Waals surface area contributed by atoms with Crippen LogP contribution in [0.4, 0.5) is 17.1 Å². The third-order valence-electron chi connectivity index (χ3n) is 6.81. The fraction of sp³-hybridized carbons (Fsp3) is 0.654. The fourth-order valence-electron chi connectivity index (χ4n) is 4.81. The molecule has 0 spiro atoms. The Labute approximate surface area is 215 Å². The SMILES string of the molecule is CN(C)CCCN(C1CCCCC1)S(=O)(=O)CCCCCCNc1c(Nc2ccncc2)c(=O)c1=O. The molecule has 2 N–H and O–H groups in total. The summed E-state index contributed by atoms with van der Waals surface area (Å²) in [5.41, 5.74) is 0.280. The lowest BCUT2D eigenvalue weighted by Gasteiger charge is -2.33. The monoisotopic (exact) mass is 519 g/mol. The number of rotatable bonds is 16. The zero-order chi connectivity index (χ0) is 26.0. The van der Waals surface area contributed by atoms with Crippen molar-refractivity contribution in [3.8, 4) is 0 Å². The third kappa shape index (κ3) is 8.11. The lowest BCUT2D eigenvalue weighted by atomic mass is 9.95. The molecule has 1 aliphatic carbocycles. The van der Waals surface area contributed by atoms with Gasteiger partial charge in [0.25, 0.3) is 10.9 Å². The zero-order valence-corrected chi connectivity index (χ0v) is 22.5. The van der Waals surface area contributed by atoms with Crippen molar-refractivity contribution in [2.24, 2.45) is 0 Å². The van der Waals surface area contributed by atoms with Crippen molar-refractivity contribution in [3.63, 3.8) is 0 Å². The summed E-state index contributed by atoms with van der Waals surface area (Å²) in [6, 6.07) is 3.61. The van der Waals surface area contributed by atoms with Crippen LogP contribution in [0.25, 0.3) is 0 Å². The van der Waals surface area contributed by atoms with E-state index < -0.39 is 20.9 Å². The molecule has 1 saturated carbocycles. The Morgan fingerprint density at radius 3 is 2.25 bits per heavy atom. The Kier molecular flexibility index (Phi) is 10.9. The first-order valence-electron chi connectivity index (χ1n) is 13.2. The summed E-state index contributed by atoms with van der Waals surface area (Å²) in [5.74, 6) is 0.192. The molecule has 36 heavy (non-hydrogen) atoms. The van der Waals surface area contributed by atoms with E-state index in [4.69, 9.17) is 0 Å². The summed E-state index contributed by atoms with van der Waals surface area (Å²) in [6.45, 7) is 2.05. The van der Waals surface area contributed by atoms with Gasteiger partial charge in [0.15, 0.2) is 0 Å². The molecule has 0 atom stereocenters. The number of nitrogens with one attached hydrogen (secondary N) is 2. The molecule has 200 valence electrons. The molecule has 0 bridgehead atoms. The molecular weight excluding hydrogens is 478 g/mol. The predicted molar refractivity (Wildman–Crippen MR) is 146 cm³/mol. The van der Waals surface area contributed by atoms with Gasteiger partial charge in [-0.2, -0.15) is 4.31 Å². The van der Waals surface area contributed by atoms with Gasteiger partial charge in [-0.05, 0) is 64.9 Å². The van der Waals surface area contributed by atoms with Crippen molar-refractivity contribution in [3.05, 3.63) is 45.0 Å². The van der Waals surface area contributed by atoms with Crippen molar-refractivity contribution < 1.29 is 8.42 Å². The maximum Gasteiger partial charge on any atom is 0.253 e. The first kappa shape index (κ1) is 28.3. The zero-order valence-electron chi connectivity index (χ0n) is 21.7. The number of hydrogen-bond donors (Lipinski definition) is 2. The van der Waals surface area contributed by atoms with Crippen molar-refractivity contribution >= 4 is 27.1 Å². The molecule has 3 rings (SSSR count). The molecule has 9 nitrogen and oxygen atoms in total. The summed E-state index contributed by atoms with van der Waals surface area (Å²) in [7, 11) is 0.757. The van der Waals surface area contributed by atoms with Gasteiger partial charge in [-0.15, -0.1) is 0 Å². The number of hydrogen-bond acceptors (Lipinski definition) is 8. The average Bonchev–Trinajstić information content (AvgIpc) is 2.87. The summed E-state index contributed by atoms with van der Waals surface area (Å²) in [4.78, 5) is 29.9. The second-order valence-electron chi connectivity index (χ2n) is 9.99. The highest BCUT2D eigenvalue weighted by molar-refractivity contribution is 7.89. The van der Waals surface area contributed by atoms with Crippen LogP contribution in [0.3, 0.4) is 0 Å². The second-order valence-corrected chi connectivity index (χ2v) is 12.0. The molecule has 0 aliphatic heterocycles. The van der Waals surface area contributed by atoms with Gasteiger partial charge in [-0.25, -0.2) is 8.42 Å². The van der Waals surface area contributed by atoms with Crippen molar-refractivity contribution in [2.75, 3.05) is 50.1 Å². The minimum atomic E-state index is -3.27. The van der Waals surface area contributed by atoms with Crippen LogP contribution >= 0.6 is 0 Å².